The summed E-state index contributed by atoms with van der Waals surface area (Å²) < 4.78 is 11.0. The lowest BCUT2D eigenvalue weighted by atomic mass is 10.1. The largest absolute Gasteiger partial charge is 0.497 e. The van der Waals surface area contributed by atoms with Gasteiger partial charge in [-0.15, -0.1) is 0 Å². The topological polar surface area (TPSA) is 43.4 Å². The van der Waals surface area contributed by atoms with E-state index in [-0.39, 0.29) is 0 Å². The molecule has 0 spiro atoms. The molecule has 20 heavy (non-hydrogen) atoms. The number of fused-ring (bicyclic) bond motifs is 1. The van der Waals surface area contributed by atoms with E-state index in [9.17, 15) is 0 Å². The number of benzene rings is 1. The van der Waals surface area contributed by atoms with E-state index in [1.165, 1.54) is 12.8 Å². The molecule has 1 saturated carbocycles. The summed E-state index contributed by atoms with van der Waals surface area (Å²) in [7, 11) is 3.55. The maximum Gasteiger partial charge on any atom is 0.131 e. The molecule has 0 atom stereocenters. The molecule has 1 aliphatic carbocycles. The monoisotopic (exact) mass is 272 g/mol. The van der Waals surface area contributed by atoms with Gasteiger partial charge < -0.3 is 14.8 Å². The van der Waals surface area contributed by atoms with Gasteiger partial charge in [-0.05, 0) is 37.0 Å². The van der Waals surface area contributed by atoms with Gasteiger partial charge in [0.05, 0.1) is 19.2 Å². The first-order valence-electron chi connectivity index (χ1n) is 7.03. The van der Waals surface area contributed by atoms with E-state index in [4.69, 9.17) is 9.47 Å². The highest BCUT2D eigenvalue weighted by Gasteiger charge is 2.21. The lowest BCUT2D eigenvalue weighted by molar-refractivity contribution is 0.111. The number of aromatic nitrogens is 1. The molecule has 0 radical (unpaired) electrons. The van der Waals surface area contributed by atoms with E-state index in [1.807, 2.05) is 25.2 Å². The van der Waals surface area contributed by atoms with E-state index in [0.717, 1.165) is 40.6 Å². The third-order valence-corrected chi connectivity index (χ3v) is 3.65. The van der Waals surface area contributed by atoms with Crippen molar-refractivity contribution in [2.75, 3.05) is 26.1 Å². The van der Waals surface area contributed by atoms with Crippen LogP contribution in [0.15, 0.2) is 24.3 Å². The van der Waals surface area contributed by atoms with Gasteiger partial charge in [0.15, 0.2) is 0 Å². The van der Waals surface area contributed by atoms with Gasteiger partial charge in [-0.2, -0.15) is 0 Å². The number of methoxy groups -OCH3 is 1. The zero-order valence-corrected chi connectivity index (χ0v) is 12.0. The SMILES string of the molecule is CNc1nc2cc(OC)ccc2cc1COCC1CC1. The van der Waals surface area contributed by atoms with Crippen LogP contribution in [0.4, 0.5) is 5.82 Å². The van der Waals surface area contributed by atoms with Crippen molar-refractivity contribution >= 4 is 16.7 Å². The standard InChI is InChI=1S/C16H20N2O2/c1-17-16-13(10-20-9-11-3-4-11)7-12-5-6-14(19-2)8-15(12)18-16/h5-8,11H,3-4,9-10H2,1-2H3,(H,17,18). The molecular weight excluding hydrogens is 252 g/mol. The lowest BCUT2D eigenvalue weighted by Crippen LogP contribution is -2.03. The van der Waals surface area contributed by atoms with Crippen LogP contribution in [0.1, 0.15) is 18.4 Å². The summed E-state index contributed by atoms with van der Waals surface area (Å²) in [6.45, 7) is 1.48. The fourth-order valence-corrected chi connectivity index (χ4v) is 2.26. The molecule has 1 aromatic heterocycles. The average Bonchev–Trinajstić information content (AvgIpc) is 3.30. The Balaban J connectivity index is 1.85. The van der Waals surface area contributed by atoms with Crippen molar-refractivity contribution < 1.29 is 9.47 Å². The first kappa shape index (κ1) is 13.2. The molecule has 0 saturated heterocycles. The van der Waals surface area contributed by atoms with E-state index >= 15 is 0 Å². The Morgan fingerprint density at radius 2 is 2.15 bits per heavy atom. The maximum absolute atomic E-state index is 5.78. The number of anilines is 1. The molecule has 0 amide bonds. The van der Waals surface area contributed by atoms with Crippen LogP contribution < -0.4 is 10.1 Å². The van der Waals surface area contributed by atoms with Gasteiger partial charge in [0.2, 0.25) is 0 Å². The molecular formula is C16H20N2O2. The van der Waals surface area contributed by atoms with Gasteiger partial charge >= 0.3 is 0 Å². The van der Waals surface area contributed by atoms with Gasteiger partial charge in [0, 0.05) is 30.7 Å². The smallest absolute Gasteiger partial charge is 0.131 e. The summed E-state index contributed by atoms with van der Waals surface area (Å²) >= 11 is 0. The van der Waals surface area contributed by atoms with Crippen molar-refractivity contribution in [1.82, 2.24) is 4.98 Å². The number of rotatable bonds is 6. The normalized spacial score (nSPS) is 14.5. The van der Waals surface area contributed by atoms with Crippen molar-refractivity contribution in [3.05, 3.63) is 29.8 Å². The second kappa shape index (κ2) is 5.67. The first-order chi connectivity index (χ1) is 9.80. The molecule has 1 aliphatic rings. The molecule has 0 bridgehead atoms. The number of ether oxygens (including phenoxy) is 2. The van der Waals surface area contributed by atoms with Gasteiger partial charge in [-0.25, -0.2) is 4.98 Å². The zero-order valence-electron chi connectivity index (χ0n) is 12.0. The molecule has 1 N–H and O–H groups in total. The maximum atomic E-state index is 5.78. The quantitative estimate of drug-likeness (QED) is 0.877. The predicted octanol–water partition coefficient (Wildman–Crippen LogP) is 3.21. The van der Waals surface area contributed by atoms with Crippen LogP contribution in [-0.2, 0) is 11.3 Å². The Hall–Kier alpha value is -1.81. The summed E-state index contributed by atoms with van der Waals surface area (Å²) in [6.07, 6.45) is 2.63. The third-order valence-electron chi connectivity index (χ3n) is 3.65. The Morgan fingerprint density at radius 1 is 1.30 bits per heavy atom. The van der Waals surface area contributed by atoms with Crippen molar-refractivity contribution in [1.29, 1.82) is 0 Å². The third kappa shape index (κ3) is 2.85. The molecule has 2 aromatic rings. The summed E-state index contributed by atoms with van der Waals surface area (Å²) in [5.74, 6) is 2.48. The Morgan fingerprint density at radius 3 is 2.85 bits per heavy atom. The van der Waals surface area contributed by atoms with Crippen LogP contribution >= 0.6 is 0 Å². The Labute approximate surface area is 119 Å². The van der Waals surface area contributed by atoms with Crippen molar-refractivity contribution in [3.63, 3.8) is 0 Å². The minimum atomic E-state index is 0.613. The number of nitrogens with one attached hydrogen (secondary N) is 1. The molecule has 4 heteroatoms. The van der Waals surface area contributed by atoms with Crippen LogP contribution in [0.2, 0.25) is 0 Å². The van der Waals surface area contributed by atoms with Gasteiger partial charge in [0.25, 0.3) is 0 Å². The summed E-state index contributed by atoms with van der Waals surface area (Å²) in [4.78, 5) is 4.64. The highest BCUT2D eigenvalue weighted by molar-refractivity contribution is 5.83. The van der Waals surface area contributed by atoms with Crippen molar-refractivity contribution in [2.45, 2.75) is 19.4 Å². The van der Waals surface area contributed by atoms with Gasteiger partial charge in [-0.1, -0.05) is 0 Å². The van der Waals surface area contributed by atoms with E-state index < -0.39 is 0 Å². The highest BCUT2D eigenvalue weighted by atomic mass is 16.5. The number of hydrogen-bond acceptors (Lipinski definition) is 4. The molecule has 1 fully saturated rings. The van der Waals surface area contributed by atoms with Crippen LogP contribution in [-0.4, -0.2) is 25.7 Å². The van der Waals surface area contributed by atoms with Crippen LogP contribution in [0.3, 0.4) is 0 Å². The van der Waals surface area contributed by atoms with Crippen LogP contribution in [0.25, 0.3) is 10.9 Å². The molecule has 4 nitrogen and oxygen atoms in total. The van der Waals surface area contributed by atoms with E-state index in [1.54, 1.807) is 7.11 Å². The van der Waals surface area contributed by atoms with Gasteiger partial charge in [-0.3, -0.25) is 0 Å². The number of pyridine rings is 1. The molecule has 106 valence electrons. The van der Waals surface area contributed by atoms with E-state index in [0.29, 0.717) is 6.61 Å². The van der Waals surface area contributed by atoms with E-state index in [2.05, 4.69) is 16.4 Å². The van der Waals surface area contributed by atoms with Crippen LogP contribution in [0.5, 0.6) is 5.75 Å². The van der Waals surface area contributed by atoms with Gasteiger partial charge in [0.1, 0.15) is 11.6 Å². The molecule has 1 aromatic carbocycles. The Kier molecular flexibility index (Phi) is 3.74. The summed E-state index contributed by atoms with van der Waals surface area (Å²) in [6, 6.07) is 8.08. The fourth-order valence-electron chi connectivity index (χ4n) is 2.26. The lowest BCUT2D eigenvalue weighted by Gasteiger charge is -2.11. The molecule has 1 heterocycles. The first-order valence-corrected chi connectivity index (χ1v) is 7.03. The number of nitrogens with zero attached hydrogens (tertiary/aromatic N) is 1. The van der Waals surface area contributed by atoms with Crippen LogP contribution in [0, 0.1) is 5.92 Å². The Bertz CT molecular complexity index is 609. The summed E-state index contributed by atoms with van der Waals surface area (Å²) in [5, 5.41) is 4.25. The molecule has 0 unspecified atom stereocenters. The predicted molar refractivity (Wildman–Crippen MR) is 80.2 cm³/mol. The fraction of sp³-hybridized carbons (Fsp3) is 0.438. The molecule has 3 rings (SSSR count). The minimum absolute atomic E-state index is 0.613. The second-order valence-electron chi connectivity index (χ2n) is 5.26. The second-order valence-corrected chi connectivity index (χ2v) is 5.26. The summed E-state index contributed by atoms with van der Waals surface area (Å²) in [5.41, 5.74) is 2.03. The van der Waals surface area contributed by atoms with Crippen molar-refractivity contribution in [3.8, 4) is 5.75 Å². The average molecular weight is 272 g/mol. The highest BCUT2D eigenvalue weighted by Crippen LogP contribution is 2.30. The number of hydrogen-bond donors (Lipinski definition) is 1. The van der Waals surface area contributed by atoms with Crippen molar-refractivity contribution in [2.24, 2.45) is 5.92 Å². The minimum Gasteiger partial charge on any atom is -0.497 e. The zero-order chi connectivity index (χ0) is 13.9. The molecule has 0 aliphatic heterocycles.